The molecular weight excluding hydrogens is 500 g/mol. The Morgan fingerprint density at radius 3 is 1.29 bits per heavy atom. The monoisotopic (exact) mass is 520 g/mol. The molecule has 0 unspecified atom stereocenters. The van der Waals surface area contributed by atoms with E-state index in [4.69, 9.17) is 0 Å². The van der Waals surface area contributed by atoms with E-state index in [1.165, 1.54) is 0 Å². The molecular formula is C37H20N4. The fraction of sp³-hybridized carbons (Fsp3) is 0. The molecule has 0 aliphatic carbocycles. The van der Waals surface area contributed by atoms with Crippen LogP contribution in [0.3, 0.4) is 0 Å². The molecule has 4 heteroatoms. The van der Waals surface area contributed by atoms with Crippen molar-refractivity contribution in [2.24, 2.45) is 0 Å². The molecule has 0 saturated carbocycles. The molecule has 0 atom stereocenters. The summed E-state index contributed by atoms with van der Waals surface area (Å²) in [6.45, 7) is 0. The van der Waals surface area contributed by atoms with Gasteiger partial charge in [0.05, 0.1) is 16.7 Å². The van der Waals surface area contributed by atoms with E-state index < -0.39 is 0 Å². The summed E-state index contributed by atoms with van der Waals surface area (Å²) < 4.78 is 0. The Morgan fingerprint density at radius 2 is 0.780 bits per heavy atom. The molecule has 0 aliphatic rings. The van der Waals surface area contributed by atoms with Gasteiger partial charge in [-0.25, -0.2) is 0 Å². The maximum atomic E-state index is 9.79. The highest BCUT2D eigenvalue weighted by molar-refractivity contribution is 5.76. The van der Waals surface area contributed by atoms with Crippen LogP contribution in [0.4, 0.5) is 17.1 Å². The van der Waals surface area contributed by atoms with Crippen LogP contribution in [0, 0.1) is 57.7 Å². The number of hydrogen-bond donors (Lipinski definition) is 0. The zero-order chi connectivity index (χ0) is 28.4. The molecule has 5 rings (SSSR count). The number of para-hydroxylation sites is 2. The van der Waals surface area contributed by atoms with E-state index in [2.05, 4.69) is 71.1 Å². The lowest BCUT2D eigenvalue weighted by atomic mass is 9.99. The molecule has 0 aliphatic heterocycles. The smallest absolute Gasteiger partial charge is 0.100 e. The highest BCUT2D eigenvalue weighted by Gasteiger charge is 2.12. The van der Waals surface area contributed by atoms with Crippen molar-refractivity contribution in [1.82, 2.24) is 0 Å². The van der Waals surface area contributed by atoms with Crippen LogP contribution in [-0.2, 0) is 0 Å². The third-order valence-electron chi connectivity index (χ3n) is 6.27. The average Bonchev–Trinajstić information content (AvgIpc) is 3.04. The molecule has 0 heterocycles. The summed E-state index contributed by atoms with van der Waals surface area (Å²) in [5, 5.41) is 28.8. The van der Waals surface area contributed by atoms with E-state index in [0.29, 0.717) is 33.4 Å². The van der Waals surface area contributed by atoms with Gasteiger partial charge in [0.25, 0.3) is 0 Å². The summed E-state index contributed by atoms with van der Waals surface area (Å²) in [4.78, 5) is 2.17. The maximum absolute atomic E-state index is 9.79. The molecule has 0 spiro atoms. The van der Waals surface area contributed by atoms with Gasteiger partial charge in [-0.05, 0) is 72.8 Å². The summed E-state index contributed by atoms with van der Waals surface area (Å²) in [5.74, 6) is 12.1. The first kappa shape index (κ1) is 26.1. The molecule has 5 aromatic rings. The fourth-order valence-corrected chi connectivity index (χ4v) is 4.25. The van der Waals surface area contributed by atoms with Gasteiger partial charge >= 0.3 is 0 Å². The zero-order valence-electron chi connectivity index (χ0n) is 21.8. The molecule has 0 aromatic heterocycles. The normalized spacial score (nSPS) is 9.49. The molecule has 0 N–H and O–H groups in total. The van der Waals surface area contributed by atoms with Gasteiger partial charge in [-0.1, -0.05) is 72.2 Å². The quantitative estimate of drug-likeness (QED) is 0.230. The van der Waals surface area contributed by atoms with Crippen molar-refractivity contribution in [1.29, 1.82) is 15.8 Å². The van der Waals surface area contributed by atoms with Crippen LogP contribution in [0.15, 0.2) is 121 Å². The third-order valence-corrected chi connectivity index (χ3v) is 6.27. The summed E-state index contributed by atoms with van der Waals surface area (Å²) in [6, 6.07) is 44.7. The van der Waals surface area contributed by atoms with Crippen LogP contribution in [0.25, 0.3) is 0 Å². The Hall–Kier alpha value is -6.51. The Bertz CT molecular complexity index is 1930. The van der Waals surface area contributed by atoms with E-state index in [1.807, 2.05) is 60.7 Å². The Kier molecular flexibility index (Phi) is 7.87. The second kappa shape index (κ2) is 12.4. The second-order valence-corrected chi connectivity index (χ2v) is 8.88. The van der Waals surface area contributed by atoms with Gasteiger partial charge in [0, 0.05) is 39.3 Å². The lowest BCUT2D eigenvalue weighted by Crippen LogP contribution is -2.09. The van der Waals surface area contributed by atoms with E-state index in [0.717, 1.165) is 22.6 Å². The molecule has 0 radical (unpaired) electrons. The molecule has 5 aromatic carbocycles. The number of hydrogen-bond acceptors (Lipinski definition) is 4. The van der Waals surface area contributed by atoms with E-state index in [1.54, 1.807) is 36.4 Å². The predicted octanol–water partition coefficient (Wildman–Crippen LogP) is 7.57. The predicted molar refractivity (Wildman–Crippen MR) is 160 cm³/mol. The lowest BCUT2D eigenvalue weighted by molar-refractivity contribution is 1.28. The highest BCUT2D eigenvalue weighted by Crippen LogP contribution is 2.34. The molecule has 41 heavy (non-hydrogen) atoms. The van der Waals surface area contributed by atoms with Crippen molar-refractivity contribution in [3.8, 4) is 41.9 Å². The Morgan fingerprint density at radius 1 is 0.366 bits per heavy atom. The van der Waals surface area contributed by atoms with E-state index in [9.17, 15) is 15.8 Å². The first-order chi connectivity index (χ1) is 20.2. The van der Waals surface area contributed by atoms with Crippen molar-refractivity contribution in [3.63, 3.8) is 0 Å². The summed E-state index contributed by atoms with van der Waals surface area (Å²) in [7, 11) is 0. The molecule has 0 bridgehead atoms. The standard InChI is InChI=1S/C37H20N4/c38-25-32-10-8-7-9-29(32)19-20-31-24-33(26-39)30(23-34(31)27-40)18-15-28-16-21-37(22-17-28)41(35-11-3-1-4-12-35)36-13-5-2-6-14-36/h1-14,16-17,21-24H. The largest absolute Gasteiger partial charge is 0.311 e. The van der Waals surface area contributed by atoms with E-state index in [-0.39, 0.29) is 0 Å². The number of nitrogens with zero attached hydrogens (tertiary/aromatic N) is 4. The lowest BCUT2D eigenvalue weighted by Gasteiger charge is -2.25. The van der Waals surface area contributed by atoms with Gasteiger partial charge in [0.15, 0.2) is 0 Å². The number of rotatable bonds is 3. The van der Waals surface area contributed by atoms with Crippen molar-refractivity contribution in [2.45, 2.75) is 0 Å². The molecule has 0 fully saturated rings. The van der Waals surface area contributed by atoms with Gasteiger partial charge in [0.2, 0.25) is 0 Å². The average molecular weight is 521 g/mol. The van der Waals surface area contributed by atoms with Gasteiger partial charge in [-0.3, -0.25) is 0 Å². The molecule has 188 valence electrons. The highest BCUT2D eigenvalue weighted by atomic mass is 15.1. The van der Waals surface area contributed by atoms with Crippen LogP contribution >= 0.6 is 0 Å². The third kappa shape index (κ3) is 5.99. The SMILES string of the molecule is N#Cc1ccccc1C#Cc1cc(C#N)c(C#Cc2ccc(N(c3ccccc3)c3ccccc3)cc2)cc1C#N. The van der Waals surface area contributed by atoms with Crippen molar-refractivity contribution >= 4 is 17.1 Å². The van der Waals surface area contributed by atoms with Crippen LogP contribution in [-0.4, -0.2) is 0 Å². The molecule has 0 amide bonds. The first-order valence-electron chi connectivity index (χ1n) is 12.7. The van der Waals surface area contributed by atoms with Crippen LogP contribution in [0.1, 0.15) is 38.9 Å². The van der Waals surface area contributed by atoms with Crippen molar-refractivity contribution < 1.29 is 0 Å². The number of benzene rings is 5. The van der Waals surface area contributed by atoms with E-state index >= 15 is 0 Å². The molecule has 4 nitrogen and oxygen atoms in total. The minimum atomic E-state index is 0.312. The van der Waals surface area contributed by atoms with Gasteiger partial charge in [0.1, 0.15) is 18.2 Å². The number of anilines is 3. The summed E-state index contributed by atoms with van der Waals surface area (Å²) >= 11 is 0. The van der Waals surface area contributed by atoms with Crippen LogP contribution < -0.4 is 4.90 Å². The minimum absolute atomic E-state index is 0.312. The Labute approximate surface area is 239 Å². The number of nitriles is 3. The Balaban J connectivity index is 1.46. The van der Waals surface area contributed by atoms with Gasteiger partial charge in [-0.2, -0.15) is 15.8 Å². The zero-order valence-corrected chi connectivity index (χ0v) is 21.8. The van der Waals surface area contributed by atoms with Crippen LogP contribution in [0.2, 0.25) is 0 Å². The first-order valence-corrected chi connectivity index (χ1v) is 12.7. The van der Waals surface area contributed by atoms with Gasteiger partial charge in [-0.15, -0.1) is 0 Å². The maximum Gasteiger partial charge on any atom is 0.100 e. The molecule has 0 saturated heterocycles. The fourth-order valence-electron chi connectivity index (χ4n) is 4.25. The van der Waals surface area contributed by atoms with Crippen molar-refractivity contribution in [2.75, 3.05) is 4.90 Å². The summed E-state index contributed by atoms with van der Waals surface area (Å²) in [5.41, 5.74) is 6.34. The minimum Gasteiger partial charge on any atom is -0.311 e. The van der Waals surface area contributed by atoms with Crippen LogP contribution in [0.5, 0.6) is 0 Å². The topological polar surface area (TPSA) is 74.6 Å². The summed E-state index contributed by atoms with van der Waals surface area (Å²) in [6.07, 6.45) is 0. The van der Waals surface area contributed by atoms with Crippen molar-refractivity contribution in [3.05, 3.63) is 160 Å². The second-order valence-electron chi connectivity index (χ2n) is 8.88. The van der Waals surface area contributed by atoms with Gasteiger partial charge < -0.3 is 4.90 Å².